The van der Waals surface area contributed by atoms with Crippen molar-refractivity contribution < 1.29 is 29.9 Å². The second-order valence-electron chi connectivity index (χ2n) is 5.02. The molecule has 114 valence electrons. The smallest absolute Gasteiger partial charge is 0.158 e. The second-order valence-corrected chi connectivity index (χ2v) is 5.02. The summed E-state index contributed by atoms with van der Waals surface area (Å²) < 4.78 is 10.8. The topological polar surface area (TPSA) is 99.4 Å². The molecule has 1 aliphatic rings. The number of ether oxygens (including phenoxy) is 2. The molecule has 0 radical (unpaired) electrons. The van der Waals surface area contributed by atoms with E-state index >= 15 is 0 Å². The molecular formula is C13H26O6. The lowest BCUT2D eigenvalue weighted by molar-refractivity contribution is -0.281. The van der Waals surface area contributed by atoms with Crippen LogP contribution in [0.2, 0.25) is 0 Å². The van der Waals surface area contributed by atoms with Gasteiger partial charge < -0.3 is 29.9 Å². The first kappa shape index (κ1) is 16.8. The van der Waals surface area contributed by atoms with Gasteiger partial charge in [-0.3, -0.25) is 0 Å². The summed E-state index contributed by atoms with van der Waals surface area (Å²) >= 11 is 0. The fraction of sp³-hybridized carbons (Fsp3) is 1.00. The Morgan fingerprint density at radius 3 is 2.58 bits per heavy atom. The molecule has 1 aliphatic heterocycles. The quantitative estimate of drug-likeness (QED) is 0.458. The number of aliphatic hydroxyl groups is 4. The van der Waals surface area contributed by atoms with Crippen molar-refractivity contribution in [2.24, 2.45) is 0 Å². The molecule has 4 N–H and O–H groups in total. The van der Waals surface area contributed by atoms with Crippen molar-refractivity contribution >= 4 is 0 Å². The van der Waals surface area contributed by atoms with E-state index in [2.05, 4.69) is 6.92 Å². The van der Waals surface area contributed by atoms with E-state index in [0.29, 0.717) is 6.42 Å². The standard InChI is InChI=1S/C13H26O6/c1-2-3-4-5-6-11-18-8-10(16)13(19-11)12(17)9(15)7-14/h9-17H,2-8H2,1H3/t9-,10+,11?,12+,13+/m0/s1. The van der Waals surface area contributed by atoms with Crippen LogP contribution < -0.4 is 0 Å². The minimum Gasteiger partial charge on any atom is -0.394 e. The summed E-state index contributed by atoms with van der Waals surface area (Å²) in [7, 11) is 0. The largest absolute Gasteiger partial charge is 0.394 e. The molecule has 0 aliphatic carbocycles. The predicted molar refractivity (Wildman–Crippen MR) is 68.5 cm³/mol. The summed E-state index contributed by atoms with van der Waals surface area (Å²) in [5.41, 5.74) is 0. The highest BCUT2D eigenvalue weighted by atomic mass is 16.7. The average molecular weight is 278 g/mol. The van der Waals surface area contributed by atoms with Gasteiger partial charge in [0.05, 0.1) is 13.2 Å². The Balaban J connectivity index is 2.39. The van der Waals surface area contributed by atoms with Gasteiger partial charge in [-0.1, -0.05) is 26.2 Å². The second kappa shape index (κ2) is 8.84. The van der Waals surface area contributed by atoms with Crippen molar-refractivity contribution in [3.63, 3.8) is 0 Å². The molecule has 6 nitrogen and oxygen atoms in total. The molecule has 0 aromatic rings. The Morgan fingerprint density at radius 1 is 1.21 bits per heavy atom. The highest BCUT2D eigenvalue weighted by Gasteiger charge is 2.38. The zero-order valence-electron chi connectivity index (χ0n) is 11.4. The van der Waals surface area contributed by atoms with E-state index in [4.69, 9.17) is 14.6 Å². The summed E-state index contributed by atoms with van der Waals surface area (Å²) in [5, 5.41) is 37.7. The maximum atomic E-state index is 9.79. The summed E-state index contributed by atoms with van der Waals surface area (Å²) in [4.78, 5) is 0. The molecule has 5 atom stereocenters. The summed E-state index contributed by atoms with van der Waals surface area (Å²) in [6, 6.07) is 0. The molecule has 1 fully saturated rings. The lowest BCUT2D eigenvalue weighted by atomic mass is 10.0. The Bertz CT molecular complexity index is 237. The molecule has 0 bridgehead atoms. The Hall–Kier alpha value is -0.240. The molecule has 1 heterocycles. The van der Waals surface area contributed by atoms with E-state index in [-0.39, 0.29) is 6.61 Å². The summed E-state index contributed by atoms with van der Waals surface area (Å²) in [6.45, 7) is 1.63. The van der Waals surface area contributed by atoms with Crippen LogP contribution in [0, 0.1) is 0 Å². The van der Waals surface area contributed by atoms with Crippen LogP contribution in [0.4, 0.5) is 0 Å². The number of hydrogen-bond donors (Lipinski definition) is 4. The highest BCUT2D eigenvalue weighted by Crippen LogP contribution is 2.21. The van der Waals surface area contributed by atoms with Gasteiger partial charge in [0, 0.05) is 0 Å². The molecule has 0 amide bonds. The van der Waals surface area contributed by atoms with Gasteiger partial charge in [0.1, 0.15) is 24.4 Å². The van der Waals surface area contributed by atoms with Crippen molar-refractivity contribution in [3.8, 4) is 0 Å². The zero-order chi connectivity index (χ0) is 14.3. The van der Waals surface area contributed by atoms with E-state index in [1.165, 1.54) is 0 Å². The zero-order valence-corrected chi connectivity index (χ0v) is 11.4. The molecule has 0 aromatic carbocycles. The van der Waals surface area contributed by atoms with E-state index < -0.39 is 37.3 Å². The minimum absolute atomic E-state index is 0.0678. The molecule has 1 unspecified atom stereocenters. The lowest BCUT2D eigenvalue weighted by Crippen LogP contribution is -2.54. The Morgan fingerprint density at radius 2 is 1.95 bits per heavy atom. The first-order chi connectivity index (χ1) is 9.10. The Kier molecular flexibility index (Phi) is 7.82. The molecule has 1 rings (SSSR count). The van der Waals surface area contributed by atoms with E-state index in [1.54, 1.807) is 0 Å². The van der Waals surface area contributed by atoms with Crippen LogP contribution in [0.25, 0.3) is 0 Å². The van der Waals surface area contributed by atoms with Crippen LogP contribution in [0.5, 0.6) is 0 Å². The summed E-state index contributed by atoms with van der Waals surface area (Å²) in [5.74, 6) is 0. The molecule has 6 heteroatoms. The minimum atomic E-state index is -1.32. The van der Waals surface area contributed by atoms with Gasteiger partial charge in [-0.15, -0.1) is 0 Å². The maximum Gasteiger partial charge on any atom is 0.158 e. The van der Waals surface area contributed by atoms with Crippen molar-refractivity contribution in [1.82, 2.24) is 0 Å². The fourth-order valence-electron chi connectivity index (χ4n) is 2.13. The van der Waals surface area contributed by atoms with Gasteiger partial charge in [-0.25, -0.2) is 0 Å². The fourth-order valence-corrected chi connectivity index (χ4v) is 2.13. The van der Waals surface area contributed by atoms with Crippen LogP contribution in [0.3, 0.4) is 0 Å². The van der Waals surface area contributed by atoms with Crippen LogP contribution in [0.1, 0.15) is 39.0 Å². The number of rotatable bonds is 8. The van der Waals surface area contributed by atoms with Crippen LogP contribution in [-0.2, 0) is 9.47 Å². The third-order valence-corrected chi connectivity index (χ3v) is 3.35. The van der Waals surface area contributed by atoms with Crippen molar-refractivity contribution in [2.45, 2.75) is 69.7 Å². The lowest BCUT2D eigenvalue weighted by Gasteiger charge is -2.37. The van der Waals surface area contributed by atoms with Gasteiger partial charge in [0.25, 0.3) is 0 Å². The van der Waals surface area contributed by atoms with Gasteiger partial charge in [-0.2, -0.15) is 0 Å². The molecular weight excluding hydrogens is 252 g/mol. The van der Waals surface area contributed by atoms with Gasteiger partial charge in [0.2, 0.25) is 0 Å². The van der Waals surface area contributed by atoms with Crippen LogP contribution >= 0.6 is 0 Å². The molecule has 0 saturated carbocycles. The Labute approximate surface area is 114 Å². The third-order valence-electron chi connectivity index (χ3n) is 3.35. The first-order valence-corrected chi connectivity index (χ1v) is 7.02. The SMILES string of the molecule is CCCCCCC1OC[C@@H](O)[C@H]([C@H](O)[C@@H](O)CO)O1. The molecule has 1 saturated heterocycles. The monoisotopic (exact) mass is 278 g/mol. The number of hydrogen-bond acceptors (Lipinski definition) is 6. The van der Waals surface area contributed by atoms with E-state index in [0.717, 1.165) is 25.7 Å². The highest BCUT2D eigenvalue weighted by molar-refractivity contribution is 4.84. The average Bonchev–Trinajstić information content (AvgIpc) is 2.43. The van der Waals surface area contributed by atoms with Crippen molar-refractivity contribution in [2.75, 3.05) is 13.2 Å². The van der Waals surface area contributed by atoms with Crippen molar-refractivity contribution in [1.29, 1.82) is 0 Å². The third kappa shape index (κ3) is 5.33. The van der Waals surface area contributed by atoms with E-state index in [9.17, 15) is 15.3 Å². The normalized spacial score (nSPS) is 31.1. The number of aliphatic hydroxyl groups excluding tert-OH is 4. The molecule has 0 spiro atoms. The predicted octanol–water partition coefficient (Wildman–Crippen LogP) is -0.227. The van der Waals surface area contributed by atoms with E-state index in [1.807, 2.05) is 0 Å². The van der Waals surface area contributed by atoms with Gasteiger partial charge in [0.15, 0.2) is 6.29 Å². The van der Waals surface area contributed by atoms with Gasteiger partial charge in [-0.05, 0) is 12.8 Å². The maximum absolute atomic E-state index is 9.79. The van der Waals surface area contributed by atoms with Crippen LogP contribution in [-0.4, -0.2) is 64.3 Å². The number of unbranched alkanes of at least 4 members (excludes halogenated alkanes) is 3. The van der Waals surface area contributed by atoms with Crippen molar-refractivity contribution in [3.05, 3.63) is 0 Å². The molecule has 19 heavy (non-hydrogen) atoms. The summed E-state index contributed by atoms with van der Waals surface area (Å²) in [6.07, 6.45) is 0.0288. The van der Waals surface area contributed by atoms with Gasteiger partial charge >= 0.3 is 0 Å². The molecule has 0 aromatic heterocycles. The van der Waals surface area contributed by atoms with Crippen LogP contribution in [0.15, 0.2) is 0 Å². The first-order valence-electron chi connectivity index (χ1n) is 7.02.